The molecule has 0 aliphatic carbocycles. The summed E-state index contributed by atoms with van der Waals surface area (Å²) in [5.74, 6) is 0.453. The molecule has 5 heteroatoms. The molecule has 0 spiro atoms. The molecule has 17 heavy (non-hydrogen) atoms. The molecular weight excluding hydrogens is 224 g/mol. The van der Waals surface area contributed by atoms with E-state index in [0.29, 0.717) is 24.3 Å². The average Bonchev–Trinajstić information content (AvgIpc) is 2.75. The van der Waals surface area contributed by atoms with Crippen molar-refractivity contribution in [2.24, 2.45) is 0 Å². The largest absolute Gasteiger partial charge is 0.481 e. The minimum absolute atomic E-state index is 0.0710. The number of carboxylic acid groups (broad SMARTS) is 1. The maximum atomic E-state index is 10.4. The number of aliphatic hydroxyl groups is 1. The molecule has 0 saturated carbocycles. The number of carbonyl (C=O) groups is 1. The standard InChI is InChI=1S/C12H14O5/c13-9(2-1-3-12(14)15)8-4-5-10-11(6-8)17-7-16-10/h4-6,9,13H,1-3,7H2,(H,14,15). The van der Waals surface area contributed by atoms with E-state index in [1.54, 1.807) is 18.2 Å². The highest BCUT2D eigenvalue weighted by molar-refractivity contribution is 5.66. The summed E-state index contributed by atoms with van der Waals surface area (Å²) in [4.78, 5) is 10.4. The smallest absolute Gasteiger partial charge is 0.303 e. The third kappa shape index (κ3) is 2.88. The second-order valence-electron chi connectivity index (χ2n) is 3.91. The van der Waals surface area contributed by atoms with Crippen LogP contribution in [0.4, 0.5) is 0 Å². The van der Waals surface area contributed by atoms with Gasteiger partial charge in [0.2, 0.25) is 6.79 Å². The van der Waals surface area contributed by atoms with E-state index in [2.05, 4.69) is 0 Å². The second kappa shape index (κ2) is 5.05. The van der Waals surface area contributed by atoms with Crippen molar-refractivity contribution < 1.29 is 24.5 Å². The van der Waals surface area contributed by atoms with Crippen LogP contribution in [-0.2, 0) is 4.79 Å². The van der Waals surface area contributed by atoms with Crippen molar-refractivity contribution in [2.45, 2.75) is 25.4 Å². The molecule has 0 radical (unpaired) electrons. The summed E-state index contributed by atoms with van der Waals surface area (Å²) in [6, 6.07) is 5.24. The summed E-state index contributed by atoms with van der Waals surface area (Å²) in [6.45, 7) is 0.202. The first-order chi connectivity index (χ1) is 8.16. The van der Waals surface area contributed by atoms with Gasteiger partial charge in [-0.1, -0.05) is 6.07 Å². The fraction of sp³-hybridized carbons (Fsp3) is 0.417. The fourth-order valence-electron chi connectivity index (χ4n) is 1.73. The van der Waals surface area contributed by atoms with Gasteiger partial charge in [0.1, 0.15) is 0 Å². The zero-order valence-electron chi connectivity index (χ0n) is 9.26. The summed E-state index contributed by atoms with van der Waals surface area (Å²) in [5.41, 5.74) is 0.722. The molecule has 1 aliphatic heterocycles. The Hall–Kier alpha value is -1.75. The normalized spacial score (nSPS) is 14.6. The Balaban J connectivity index is 1.95. The van der Waals surface area contributed by atoms with E-state index < -0.39 is 12.1 Å². The van der Waals surface area contributed by atoms with Gasteiger partial charge in [-0.3, -0.25) is 4.79 Å². The molecule has 0 aromatic heterocycles. The van der Waals surface area contributed by atoms with E-state index >= 15 is 0 Å². The topological polar surface area (TPSA) is 76.0 Å². The highest BCUT2D eigenvalue weighted by atomic mass is 16.7. The van der Waals surface area contributed by atoms with E-state index in [4.69, 9.17) is 14.6 Å². The summed E-state index contributed by atoms with van der Waals surface area (Å²) in [6.07, 6.45) is 0.280. The summed E-state index contributed by atoms with van der Waals surface area (Å²) in [5, 5.41) is 18.4. The van der Waals surface area contributed by atoms with Crippen molar-refractivity contribution in [3.05, 3.63) is 23.8 Å². The van der Waals surface area contributed by atoms with Crippen LogP contribution in [0.1, 0.15) is 30.9 Å². The SMILES string of the molecule is O=C(O)CCCC(O)c1ccc2c(c1)OCO2. The Morgan fingerprint density at radius 3 is 2.88 bits per heavy atom. The van der Waals surface area contributed by atoms with Crippen molar-refractivity contribution in [1.82, 2.24) is 0 Å². The van der Waals surface area contributed by atoms with Gasteiger partial charge in [0.25, 0.3) is 0 Å². The maximum Gasteiger partial charge on any atom is 0.303 e. The minimum atomic E-state index is -0.845. The molecule has 1 aromatic carbocycles. The van der Waals surface area contributed by atoms with Gasteiger partial charge < -0.3 is 19.7 Å². The molecule has 0 bridgehead atoms. The van der Waals surface area contributed by atoms with Crippen molar-refractivity contribution in [1.29, 1.82) is 0 Å². The number of aliphatic carboxylic acids is 1. The van der Waals surface area contributed by atoms with Crippen LogP contribution in [-0.4, -0.2) is 23.0 Å². The van der Waals surface area contributed by atoms with Crippen LogP contribution in [0.2, 0.25) is 0 Å². The number of rotatable bonds is 5. The Morgan fingerprint density at radius 2 is 2.12 bits per heavy atom. The quantitative estimate of drug-likeness (QED) is 0.816. The third-order valence-corrected chi connectivity index (χ3v) is 2.65. The number of ether oxygens (including phenoxy) is 2. The molecule has 0 amide bonds. The molecule has 1 atom stereocenters. The van der Waals surface area contributed by atoms with Crippen LogP contribution >= 0.6 is 0 Å². The van der Waals surface area contributed by atoms with Gasteiger partial charge in [-0.05, 0) is 30.5 Å². The van der Waals surface area contributed by atoms with Crippen LogP contribution in [0.3, 0.4) is 0 Å². The lowest BCUT2D eigenvalue weighted by Gasteiger charge is -2.10. The molecule has 2 N–H and O–H groups in total. The van der Waals surface area contributed by atoms with Gasteiger partial charge in [-0.25, -0.2) is 0 Å². The number of benzene rings is 1. The number of fused-ring (bicyclic) bond motifs is 1. The van der Waals surface area contributed by atoms with Gasteiger partial charge in [0.05, 0.1) is 6.10 Å². The predicted molar refractivity (Wildman–Crippen MR) is 59.0 cm³/mol. The number of hydrogen-bond acceptors (Lipinski definition) is 4. The number of hydrogen-bond donors (Lipinski definition) is 2. The number of aliphatic hydroxyl groups excluding tert-OH is 1. The lowest BCUT2D eigenvalue weighted by Crippen LogP contribution is -2.00. The van der Waals surface area contributed by atoms with Crippen molar-refractivity contribution in [3.63, 3.8) is 0 Å². The van der Waals surface area contributed by atoms with E-state index in [9.17, 15) is 9.90 Å². The maximum absolute atomic E-state index is 10.4. The van der Waals surface area contributed by atoms with Gasteiger partial charge in [0, 0.05) is 6.42 Å². The van der Waals surface area contributed by atoms with Gasteiger partial charge in [-0.15, -0.1) is 0 Å². The van der Waals surface area contributed by atoms with E-state index in [-0.39, 0.29) is 13.2 Å². The Morgan fingerprint density at radius 1 is 1.35 bits per heavy atom. The van der Waals surface area contributed by atoms with E-state index in [0.717, 1.165) is 5.56 Å². The van der Waals surface area contributed by atoms with Crippen LogP contribution in [0, 0.1) is 0 Å². The summed E-state index contributed by atoms with van der Waals surface area (Å²) < 4.78 is 10.4. The second-order valence-corrected chi connectivity index (χ2v) is 3.91. The van der Waals surface area contributed by atoms with Gasteiger partial charge in [-0.2, -0.15) is 0 Å². The zero-order valence-corrected chi connectivity index (χ0v) is 9.26. The van der Waals surface area contributed by atoms with Crippen molar-refractivity contribution in [3.8, 4) is 11.5 Å². The molecular formula is C12H14O5. The molecule has 1 aromatic rings. The molecule has 0 saturated heterocycles. The first kappa shape index (κ1) is 11.7. The Bertz CT molecular complexity index is 415. The van der Waals surface area contributed by atoms with Crippen LogP contribution in [0.15, 0.2) is 18.2 Å². The third-order valence-electron chi connectivity index (χ3n) is 2.65. The zero-order chi connectivity index (χ0) is 12.3. The van der Waals surface area contributed by atoms with E-state index in [1.807, 2.05) is 0 Å². The summed E-state index contributed by atoms with van der Waals surface area (Å²) >= 11 is 0. The Labute approximate surface area is 98.6 Å². The average molecular weight is 238 g/mol. The highest BCUT2D eigenvalue weighted by Crippen LogP contribution is 2.34. The molecule has 1 heterocycles. The molecule has 2 rings (SSSR count). The van der Waals surface area contributed by atoms with Crippen molar-refractivity contribution in [2.75, 3.05) is 6.79 Å². The van der Waals surface area contributed by atoms with E-state index in [1.165, 1.54) is 0 Å². The lowest BCUT2D eigenvalue weighted by atomic mass is 10.0. The molecule has 1 unspecified atom stereocenters. The van der Waals surface area contributed by atoms with Gasteiger partial charge >= 0.3 is 5.97 Å². The number of carboxylic acids is 1. The lowest BCUT2D eigenvalue weighted by molar-refractivity contribution is -0.137. The molecule has 1 aliphatic rings. The monoisotopic (exact) mass is 238 g/mol. The molecule has 0 fully saturated rings. The minimum Gasteiger partial charge on any atom is -0.481 e. The molecule has 5 nitrogen and oxygen atoms in total. The molecule has 92 valence electrons. The van der Waals surface area contributed by atoms with Crippen LogP contribution in [0.25, 0.3) is 0 Å². The predicted octanol–water partition coefficient (Wildman–Crippen LogP) is 1.70. The first-order valence-corrected chi connectivity index (χ1v) is 5.46. The summed E-state index contributed by atoms with van der Waals surface area (Å²) in [7, 11) is 0. The van der Waals surface area contributed by atoms with Crippen LogP contribution in [0.5, 0.6) is 11.5 Å². The fourth-order valence-corrected chi connectivity index (χ4v) is 1.73. The Kier molecular flexibility index (Phi) is 3.49. The van der Waals surface area contributed by atoms with Gasteiger partial charge in [0.15, 0.2) is 11.5 Å². The van der Waals surface area contributed by atoms with Crippen LogP contribution < -0.4 is 9.47 Å². The first-order valence-electron chi connectivity index (χ1n) is 5.46. The highest BCUT2D eigenvalue weighted by Gasteiger charge is 2.16. The van der Waals surface area contributed by atoms with Crippen molar-refractivity contribution >= 4 is 5.97 Å².